The van der Waals surface area contributed by atoms with E-state index in [1.165, 1.54) is 17.6 Å². The summed E-state index contributed by atoms with van der Waals surface area (Å²) in [6.45, 7) is 1.50. The van der Waals surface area contributed by atoms with Crippen LogP contribution in [-0.2, 0) is 27.4 Å². The summed E-state index contributed by atoms with van der Waals surface area (Å²) in [6, 6.07) is 26.1. The molecule has 5 nitrogen and oxygen atoms in total. The average molecular weight is 864 g/mol. The molecule has 0 fully saturated rings. The van der Waals surface area contributed by atoms with Gasteiger partial charge in [0, 0.05) is 59.4 Å². The summed E-state index contributed by atoms with van der Waals surface area (Å²) in [7, 11) is 0. The first-order valence-corrected chi connectivity index (χ1v) is 16.0. The molecular formula is C46H32N4OPt-2. The van der Waals surface area contributed by atoms with Crippen molar-refractivity contribution in [2.24, 2.45) is 0 Å². The molecule has 6 aromatic carbocycles. The maximum absolute atomic E-state index is 8.81. The van der Waals surface area contributed by atoms with Gasteiger partial charge in [-0.3, -0.25) is 4.57 Å². The summed E-state index contributed by atoms with van der Waals surface area (Å²) in [5, 5.41) is 1.84. The fraction of sp³-hybridized carbons (Fsp3) is 0.0435. The zero-order valence-electron chi connectivity index (χ0n) is 39.3. The molecule has 0 saturated carbocycles. The molecule has 0 aliphatic carbocycles. The van der Waals surface area contributed by atoms with Gasteiger partial charge in [0.2, 0.25) is 0 Å². The number of hydrogen-bond donors (Lipinski definition) is 0. The molecule has 0 radical (unpaired) electrons. The van der Waals surface area contributed by atoms with Gasteiger partial charge in [-0.15, -0.1) is 29.7 Å². The molecule has 0 atom stereocenters. The van der Waals surface area contributed by atoms with Crippen LogP contribution in [0.1, 0.15) is 28.9 Å². The van der Waals surface area contributed by atoms with Gasteiger partial charge in [-0.1, -0.05) is 109 Å². The van der Waals surface area contributed by atoms with Crippen molar-refractivity contribution in [3.63, 3.8) is 0 Å². The molecule has 0 N–H and O–H groups in total. The van der Waals surface area contributed by atoms with Crippen molar-refractivity contribution < 1.29 is 46.8 Å². The molecule has 0 bridgehead atoms. The van der Waals surface area contributed by atoms with E-state index in [1.54, 1.807) is 71.7 Å². The normalized spacial score (nSPS) is 14.6. The minimum atomic E-state index is -1.59. The van der Waals surface area contributed by atoms with E-state index < -0.39 is 66.8 Å². The van der Waals surface area contributed by atoms with Gasteiger partial charge in [0.25, 0.3) is 6.33 Å². The summed E-state index contributed by atoms with van der Waals surface area (Å²) < 4.78 is 113. The monoisotopic (exact) mass is 863 g/mol. The van der Waals surface area contributed by atoms with Crippen LogP contribution in [-0.4, -0.2) is 14.1 Å². The van der Waals surface area contributed by atoms with E-state index in [0.717, 1.165) is 16.3 Å². The van der Waals surface area contributed by atoms with E-state index in [0.29, 0.717) is 34.1 Å². The number of aryl methyl sites for hydroxylation is 1. The number of nitrogens with zero attached hydrogens (tertiary/aromatic N) is 4. The molecule has 254 valence electrons. The van der Waals surface area contributed by atoms with Crippen LogP contribution in [0.4, 0.5) is 0 Å². The number of pyridine rings is 1. The largest absolute Gasteiger partial charge is 0.510 e. The first-order valence-electron chi connectivity index (χ1n) is 22.0. The van der Waals surface area contributed by atoms with Crippen molar-refractivity contribution in [1.29, 1.82) is 0 Å². The van der Waals surface area contributed by atoms with Gasteiger partial charge in [-0.25, -0.2) is 4.98 Å². The predicted octanol–water partition coefficient (Wildman–Crippen LogP) is 10.3. The second-order valence-corrected chi connectivity index (χ2v) is 11.4. The Morgan fingerprint density at radius 2 is 1.48 bits per heavy atom. The van der Waals surface area contributed by atoms with Crippen LogP contribution in [0.25, 0.3) is 61.3 Å². The Hall–Kier alpha value is -6.03. The van der Waals surface area contributed by atoms with Crippen molar-refractivity contribution in [3.05, 3.63) is 188 Å². The van der Waals surface area contributed by atoms with Crippen molar-refractivity contribution in [2.75, 3.05) is 0 Å². The third-order valence-electron chi connectivity index (χ3n) is 8.45. The molecule has 0 amide bonds. The molecule has 0 unspecified atom stereocenters. The van der Waals surface area contributed by atoms with E-state index in [1.807, 2.05) is 34.9 Å². The zero-order valence-corrected chi connectivity index (χ0v) is 29.6. The van der Waals surface area contributed by atoms with Crippen molar-refractivity contribution in [1.82, 2.24) is 14.1 Å². The van der Waals surface area contributed by atoms with E-state index in [2.05, 4.69) is 23.4 Å². The Bertz CT molecular complexity index is 3200. The van der Waals surface area contributed by atoms with Crippen LogP contribution < -0.4 is 9.30 Å². The SMILES string of the molecule is [2H]c1c([2H])c([2H])c(-c2cccc(-c3c([2H])c([2H])c([2H])c([2H])c3[2H])c2-[n+]2[c-]n(-c3[c-]c(Oc4[c-]c5c(cc4)c4ccccc4n5-c4cc(C([2H])([2H])C)ccn4)ccc3)cc2)c([2H])c1[2H].[Pt]. The van der Waals surface area contributed by atoms with Gasteiger partial charge >= 0.3 is 0 Å². The van der Waals surface area contributed by atoms with Gasteiger partial charge < -0.3 is 13.9 Å². The molecule has 9 rings (SSSR count). The van der Waals surface area contributed by atoms with E-state index >= 15 is 0 Å². The Balaban J connectivity index is 0.00000560. The number of benzene rings is 6. The molecule has 3 heterocycles. The summed E-state index contributed by atoms with van der Waals surface area (Å²) in [5.74, 6) is 1.20. The fourth-order valence-corrected chi connectivity index (χ4v) is 6.17. The summed E-state index contributed by atoms with van der Waals surface area (Å²) in [4.78, 5) is 4.60. The summed E-state index contributed by atoms with van der Waals surface area (Å²) in [5.41, 5.74) is 2.57. The number of imidazole rings is 1. The van der Waals surface area contributed by atoms with Gasteiger partial charge in [0.1, 0.15) is 5.82 Å². The minimum Gasteiger partial charge on any atom is -0.510 e. The molecule has 9 aromatic rings. The van der Waals surface area contributed by atoms with Gasteiger partial charge in [0.05, 0.1) is 19.4 Å². The number of aromatic nitrogens is 4. The number of ether oxygens (including phenoxy) is 1. The smallest absolute Gasteiger partial charge is 0.267 e. The van der Waals surface area contributed by atoms with Crippen LogP contribution >= 0.6 is 0 Å². The Labute approximate surface area is 334 Å². The van der Waals surface area contributed by atoms with Gasteiger partial charge in [0.15, 0.2) is 0 Å². The van der Waals surface area contributed by atoms with Crippen molar-refractivity contribution >= 4 is 21.8 Å². The summed E-state index contributed by atoms with van der Waals surface area (Å²) >= 11 is 0. The molecule has 52 heavy (non-hydrogen) atoms. The van der Waals surface area contributed by atoms with Gasteiger partial charge in [-0.2, -0.15) is 18.2 Å². The zero-order chi connectivity index (χ0) is 44.6. The van der Waals surface area contributed by atoms with E-state index in [-0.39, 0.29) is 49.0 Å². The first kappa shape index (κ1) is 22.0. The van der Waals surface area contributed by atoms with Crippen LogP contribution in [0.3, 0.4) is 0 Å². The van der Waals surface area contributed by atoms with Crippen molar-refractivity contribution in [3.8, 4) is 50.9 Å². The second-order valence-electron chi connectivity index (χ2n) is 11.4. The molecule has 0 aliphatic heterocycles. The van der Waals surface area contributed by atoms with Crippen LogP contribution in [0.2, 0.25) is 0 Å². The Kier molecular flexibility index (Phi) is 6.06. The standard InChI is InChI=1S/C46H32N4O.Pt/c1-2-33-25-26-47-45(29-33)50-43-22-10-9-19-41(43)42-24-23-38(31-44(42)50)51-37-18-11-17-36(30-37)48-27-28-49(32-48)46-39(34-13-5-3-6-14-34)20-12-21-40(46)35-15-7-4-8-16-35;/h3-29H,2H2,1H3;/q-2;/i2D2,3D,4D,5D,6D,7D,8D,13D,14D,15D,16D;. The van der Waals surface area contributed by atoms with Crippen LogP contribution in [0.5, 0.6) is 11.5 Å². The van der Waals surface area contributed by atoms with Crippen LogP contribution in [0.15, 0.2) is 164 Å². The Morgan fingerprint density at radius 3 is 2.23 bits per heavy atom. The molecule has 0 aliphatic rings. The van der Waals surface area contributed by atoms with Crippen LogP contribution in [0, 0.1) is 18.5 Å². The summed E-state index contributed by atoms with van der Waals surface area (Å²) in [6.07, 6.45) is 6.40. The van der Waals surface area contributed by atoms with Crippen molar-refractivity contribution in [2.45, 2.75) is 13.3 Å². The predicted molar refractivity (Wildman–Crippen MR) is 203 cm³/mol. The number of para-hydroxylation sites is 2. The van der Waals surface area contributed by atoms with Gasteiger partial charge in [-0.05, 0) is 63.5 Å². The third kappa shape index (κ3) is 6.14. The maximum atomic E-state index is 8.81. The molecule has 0 saturated heterocycles. The number of hydrogen-bond acceptors (Lipinski definition) is 2. The number of fused-ring (bicyclic) bond motifs is 3. The molecular weight excluding hydrogens is 820 g/mol. The Morgan fingerprint density at radius 1 is 0.769 bits per heavy atom. The first-order chi connectivity index (χ1) is 30.0. The minimum absolute atomic E-state index is 0. The van der Waals surface area contributed by atoms with E-state index in [9.17, 15) is 0 Å². The quantitative estimate of drug-likeness (QED) is 0.113. The molecule has 6 heteroatoms. The van der Waals surface area contributed by atoms with E-state index in [4.69, 9.17) is 21.2 Å². The maximum Gasteiger partial charge on any atom is 0.267 e. The number of rotatable bonds is 8. The average Bonchev–Trinajstić information content (AvgIpc) is 3.90. The third-order valence-corrected chi connectivity index (χ3v) is 8.45. The fourth-order valence-electron chi connectivity index (χ4n) is 6.17. The molecule has 3 aromatic heterocycles. The second kappa shape index (κ2) is 14.3. The molecule has 0 spiro atoms. The topological polar surface area (TPSA) is 35.9 Å².